The molecule has 0 bridgehead atoms. The molecule has 0 aliphatic heterocycles. The zero-order valence-electron chi connectivity index (χ0n) is 25.5. The number of para-hydroxylation sites is 2. The van der Waals surface area contributed by atoms with E-state index in [1.54, 1.807) is 6.08 Å². The third kappa shape index (κ3) is 6.71. The molecule has 6 rings (SSSR count). The van der Waals surface area contributed by atoms with Gasteiger partial charge >= 0.3 is 0 Å². The molecule has 0 radical (unpaired) electrons. The number of hydrogen-bond donors (Lipinski definition) is 1. The number of nitrogens with one attached hydrogen (secondary N) is 1. The van der Waals surface area contributed by atoms with Crippen molar-refractivity contribution in [3.8, 4) is 27.9 Å². The highest BCUT2D eigenvalue weighted by molar-refractivity contribution is 5.91. The van der Waals surface area contributed by atoms with Crippen molar-refractivity contribution in [2.45, 2.75) is 6.92 Å². The first kappa shape index (κ1) is 29.2. The molecule has 0 fully saturated rings. The van der Waals surface area contributed by atoms with Crippen molar-refractivity contribution in [1.29, 1.82) is 0 Å². The molecule has 0 aliphatic rings. The third-order valence-corrected chi connectivity index (χ3v) is 7.71. The summed E-state index contributed by atoms with van der Waals surface area (Å²) in [5.41, 5.74) is 11.3. The van der Waals surface area contributed by atoms with Crippen LogP contribution in [0.25, 0.3) is 50.6 Å². The van der Waals surface area contributed by atoms with Crippen molar-refractivity contribution in [2.24, 2.45) is 0 Å². The number of rotatable bonds is 10. The second-order valence-corrected chi connectivity index (χ2v) is 10.7. The maximum absolute atomic E-state index is 3.81. The highest BCUT2D eigenvalue weighted by atomic mass is 15.0. The number of anilines is 1. The first-order chi connectivity index (χ1) is 22.2. The smallest absolute Gasteiger partial charge is 0.0535 e. The Morgan fingerprint density at radius 3 is 2.18 bits per heavy atom. The van der Waals surface area contributed by atoms with Crippen LogP contribution < -0.4 is 5.32 Å². The van der Waals surface area contributed by atoms with Gasteiger partial charge in [0.25, 0.3) is 0 Å². The molecule has 2 heteroatoms. The molecular formula is C43H36N2. The number of aromatic nitrogens is 1. The fraction of sp³-hybridized carbons (Fsp3) is 0.0233. The minimum absolute atomic E-state index is 1.02. The van der Waals surface area contributed by atoms with Crippen LogP contribution in [0.4, 0.5) is 5.69 Å². The summed E-state index contributed by atoms with van der Waals surface area (Å²) in [5, 5.41) is 4.91. The van der Waals surface area contributed by atoms with Gasteiger partial charge in [0.05, 0.1) is 5.52 Å². The van der Waals surface area contributed by atoms with Crippen LogP contribution in [-0.2, 0) is 0 Å². The van der Waals surface area contributed by atoms with Crippen molar-refractivity contribution in [3.63, 3.8) is 0 Å². The van der Waals surface area contributed by atoms with E-state index in [2.05, 4.69) is 168 Å². The maximum Gasteiger partial charge on any atom is 0.0535 e. The normalized spacial score (nSPS) is 12.1. The highest BCUT2D eigenvalue weighted by Crippen LogP contribution is 2.35. The van der Waals surface area contributed by atoms with E-state index in [-0.39, 0.29) is 0 Å². The minimum Gasteiger partial charge on any atom is -0.355 e. The summed E-state index contributed by atoms with van der Waals surface area (Å²) < 4.78 is 2.32. The van der Waals surface area contributed by atoms with Crippen LogP contribution in [0, 0.1) is 0 Å². The minimum atomic E-state index is 1.02. The lowest BCUT2D eigenvalue weighted by atomic mass is 9.97. The topological polar surface area (TPSA) is 17.0 Å². The van der Waals surface area contributed by atoms with Crippen molar-refractivity contribution in [1.82, 2.24) is 4.57 Å². The summed E-state index contributed by atoms with van der Waals surface area (Å²) in [6, 6.07) is 47.3. The predicted octanol–water partition coefficient (Wildman–Crippen LogP) is 11.7. The third-order valence-electron chi connectivity index (χ3n) is 7.71. The molecule has 0 spiro atoms. The van der Waals surface area contributed by atoms with Crippen LogP contribution in [0.15, 0.2) is 183 Å². The Balaban J connectivity index is 1.38. The number of allylic oxidation sites excluding steroid dienone is 7. The number of nitrogens with zero attached hydrogens (tertiary/aromatic N) is 1. The van der Waals surface area contributed by atoms with Crippen LogP contribution in [-0.4, -0.2) is 4.57 Å². The molecule has 1 aromatic heterocycles. The van der Waals surface area contributed by atoms with E-state index in [0.717, 1.165) is 39.5 Å². The Morgan fingerprint density at radius 2 is 1.38 bits per heavy atom. The first-order valence-electron chi connectivity index (χ1n) is 15.3. The van der Waals surface area contributed by atoms with Crippen molar-refractivity contribution < 1.29 is 0 Å². The predicted molar refractivity (Wildman–Crippen MR) is 195 cm³/mol. The second-order valence-electron chi connectivity index (χ2n) is 10.7. The van der Waals surface area contributed by atoms with E-state index in [4.69, 9.17) is 0 Å². The SMILES string of the molecule is C=C/C=C\C=C(/Nc1ccccc1-c1cccc(-c2ccc3c(c2)cc(/C=C\C=C/C)n3-c2ccccc2)c1)c1ccccc1. The molecular weight excluding hydrogens is 544 g/mol. The van der Waals surface area contributed by atoms with Gasteiger partial charge in [-0.1, -0.05) is 134 Å². The van der Waals surface area contributed by atoms with E-state index in [1.165, 1.54) is 22.0 Å². The van der Waals surface area contributed by atoms with E-state index >= 15 is 0 Å². The Hall–Kier alpha value is -5.86. The lowest BCUT2D eigenvalue weighted by Gasteiger charge is -2.16. The number of hydrogen-bond acceptors (Lipinski definition) is 1. The summed E-state index contributed by atoms with van der Waals surface area (Å²) in [6.45, 7) is 5.84. The quantitative estimate of drug-likeness (QED) is 0.159. The molecule has 1 N–H and O–H groups in total. The van der Waals surface area contributed by atoms with Crippen molar-refractivity contribution >= 4 is 28.4 Å². The van der Waals surface area contributed by atoms with Gasteiger partial charge in [-0.2, -0.15) is 0 Å². The van der Waals surface area contributed by atoms with E-state index in [1.807, 2.05) is 31.2 Å². The largest absolute Gasteiger partial charge is 0.355 e. The molecule has 0 unspecified atom stereocenters. The lowest BCUT2D eigenvalue weighted by molar-refractivity contribution is 1.11. The van der Waals surface area contributed by atoms with Gasteiger partial charge in [-0.25, -0.2) is 0 Å². The number of fused-ring (bicyclic) bond motifs is 1. The standard InChI is InChI=1S/C43H36N2/c1-3-5-9-24-39-32-37-31-35(28-29-43(37)45(39)38-22-13-8-14-23-38)34-20-17-21-36(30-34)40-25-15-16-27-42(40)44-41(26-10-6-4-2)33-18-11-7-12-19-33/h3-32,44H,2H2,1H3/b5-3-,10-6-,24-9-,41-26-. The first-order valence-corrected chi connectivity index (χ1v) is 15.3. The van der Waals surface area contributed by atoms with Crippen LogP contribution in [0.2, 0.25) is 0 Å². The summed E-state index contributed by atoms with van der Waals surface area (Å²) in [7, 11) is 0. The molecule has 1 heterocycles. The summed E-state index contributed by atoms with van der Waals surface area (Å²) in [6.07, 6.45) is 16.2. The molecule has 0 saturated heterocycles. The van der Waals surface area contributed by atoms with Gasteiger partial charge in [-0.3, -0.25) is 0 Å². The summed E-state index contributed by atoms with van der Waals surface area (Å²) in [5.74, 6) is 0. The van der Waals surface area contributed by atoms with Crippen LogP contribution in [0.1, 0.15) is 18.2 Å². The fourth-order valence-electron chi connectivity index (χ4n) is 5.58. The Bertz CT molecular complexity index is 2040. The van der Waals surface area contributed by atoms with Crippen molar-refractivity contribution in [3.05, 3.63) is 194 Å². The maximum atomic E-state index is 3.81. The Morgan fingerprint density at radius 1 is 0.644 bits per heavy atom. The van der Waals surface area contributed by atoms with Crippen molar-refractivity contribution in [2.75, 3.05) is 5.32 Å². The van der Waals surface area contributed by atoms with E-state index < -0.39 is 0 Å². The molecule has 0 aliphatic carbocycles. The second kappa shape index (κ2) is 14.1. The van der Waals surface area contributed by atoms with E-state index in [9.17, 15) is 0 Å². The molecule has 0 amide bonds. The number of benzene rings is 5. The van der Waals surface area contributed by atoms with Crippen LogP contribution in [0.3, 0.4) is 0 Å². The van der Waals surface area contributed by atoms with Gasteiger partial charge < -0.3 is 9.88 Å². The zero-order chi connectivity index (χ0) is 30.8. The van der Waals surface area contributed by atoms with Gasteiger partial charge in [0, 0.05) is 33.7 Å². The van der Waals surface area contributed by atoms with Crippen LogP contribution in [0.5, 0.6) is 0 Å². The van der Waals surface area contributed by atoms with E-state index in [0.29, 0.717) is 0 Å². The average molecular weight is 581 g/mol. The molecule has 45 heavy (non-hydrogen) atoms. The van der Waals surface area contributed by atoms with Gasteiger partial charge in [0.15, 0.2) is 0 Å². The molecule has 0 saturated carbocycles. The van der Waals surface area contributed by atoms with Gasteiger partial charge in [-0.15, -0.1) is 0 Å². The van der Waals surface area contributed by atoms with Gasteiger partial charge in [0.2, 0.25) is 0 Å². The molecule has 0 atom stereocenters. The van der Waals surface area contributed by atoms with Gasteiger partial charge in [-0.05, 0) is 83.8 Å². The average Bonchev–Trinajstić information content (AvgIpc) is 3.46. The Labute approximate surface area is 266 Å². The summed E-state index contributed by atoms with van der Waals surface area (Å²) in [4.78, 5) is 0. The van der Waals surface area contributed by atoms with Crippen LogP contribution >= 0.6 is 0 Å². The lowest BCUT2D eigenvalue weighted by Crippen LogP contribution is -2.00. The fourth-order valence-corrected chi connectivity index (χ4v) is 5.58. The zero-order valence-corrected chi connectivity index (χ0v) is 25.5. The monoisotopic (exact) mass is 580 g/mol. The molecule has 2 nitrogen and oxygen atoms in total. The van der Waals surface area contributed by atoms with Gasteiger partial charge in [0.1, 0.15) is 0 Å². The summed E-state index contributed by atoms with van der Waals surface area (Å²) >= 11 is 0. The molecule has 5 aromatic carbocycles. The molecule has 218 valence electrons. The highest BCUT2D eigenvalue weighted by Gasteiger charge is 2.12. The molecule has 6 aromatic rings. The Kier molecular flexibility index (Phi) is 9.14.